The Hall–Kier alpha value is -0.480. The third-order valence-electron chi connectivity index (χ3n) is 6.62. The smallest absolute Gasteiger partial charge is 0.0410 e. The number of hydrogen-bond donors (Lipinski definition) is 0. The minimum atomic E-state index is 0.263. The zero-order valence-electron chi connectivity index (χ0n) is 16.2. The summed E-state index contributed by atoms with van der Waals surface area (Å²) in [6, 6.07) is 1.71. The van der Waals surface area contributed by atoms with Crippen LogP contribution in [-0.4, -0.2) is 25.0 Å². The molecule has 4 rings (SSSR count). The van der Waals surface area contributed by atoms with E-state index in [2.05, 4.69) is 58.5 Å². The van der Waals surface area contributed by atoms with Crippen molar-refractivity contribution in [2.24, 2.45) is 11.8 Å². The second-order valence-corrected chi connectivity index (χ2v) is 11.3. The van der Waals surface area contributed by atoms with Crippen LogP contribution in [0.1, 0.15) is 64.7 Å². The predicted molar refractivity (Wildman–Crippen MR) is 123 cm³/mol. The second-order valence-electron chi connectivity index (χ2n) is 8.63. The average molecular weight is 463 g/mol. The molecule has 1 fully saturated rings. The first-order valence-electron chi connectivity index (χ1n) is 10.7. The molecule has 4 aliphatic rings. The Balaban J connectivity index is 1.27. The van der Waals surface area contributed by atoms with Crippen LogP contribution in [0.5, 0.6) is 0 Å². The standard InChI is InChI=1S/C24H34IN/c1-19-12-14-21(15-13-19)7-4-6-20-8-5-9-22(17-16-20)26-18-25-23-10-2-3-11-24(23)26/h2,4,7,10,12,14-15,18-20,22-24H,3,5-6,8-9,11,13,16-17H2,1H3/b7-4+/t19?,20?,22?,23-,24?/m1/s1. The number of hydrogen-bond acceptors (Lipinski definition) is 1. The van der Waals surface area contributed by atoms with Crippen LogP contribution in [0.15, 0.2) is 48.1 Å². The summed E-state index contributed by atoms with van der Waals surface area (Å²) < 4.78 is 3.58. The maximum atomic E-state index is 2.85. The van der Waals surface area contributed by atoms with Gasteiger partial charge >= 0.3 is 0 Å². The van der Waals surface area contributed by atoms with Gasteiger partial charge < -0.3 is 0 Å². The molecule has 0 aromatic carbocycles. The third kappa shape index (κ3) is 4.67. The van der Waals surface area contributed by atoms with E-state index in [0.717, 1.165) is 27.8 Å². The molecule has 0 saturated heterocycles. The molecule has 5 atom stereocenters. The lowest BCUT2D eigenvalue weighted by atomic mass is 9.94. The van der Waals surface area contributed by atoms with Gasteiger partial charge in [-0.3, -0.25) is 4.90 Å². The lowest BCUT2D eigenvalue weighted by Crippen LogP contribution is -2.43. The van der Waals surface area contributed by atoms with Crippen molar-refractivity contribution in [3.63, 3.8) is 0 Å². The highest BCUT2D eigenvalue weighted by Crippen LogP contribution is 2.37. The van der Waals surface area contributed by atoms with Gasteiger partial charge in [-0.05, 0) is 62.4 Å². The highest BCUT2D eigenvalue weighted by atomic mass is 127. The molecule has 1 heterocycles. The Bertz CT molecular complexity index is 626. The van der Waals surface area contributed by atoms with Crippen molar-refractivity contribution in [3.8, 4) is 0 Å². The van der Waals surface area contributed by atoms with Crippen LogP contribution in [0.25, 0.3) is 0 Å². The van der Waals surface area contributed by atoms with Crippen LogP contribution in [0.3, 0.4) is 0 Å². The molecule has 2 heteroatoms. The highest BCUT2D eigenvalue weighted by Gasteiger charge is 2.35. The molecule has 0 spiro atoms. The van der Waals surface area contributed by atoms with Crippen molar-refractivity contribution in [1.29, 1.82) is 0 Å². The summed E-state index contributed by atoms with van der Waals surface area (Å²) in [5.74, 6) is 1.62. The van der Waals surface area contributed by atoms with E-state index in [1.807, 2.05) is 0 Å². The topological polar surface area (TPSA) is 3.24 Å². The van der Waals surface area contributed by atoms with Crippen molar-refractivity contribution in [1.82, 2.24) is 4.90 Å². The maximum absolute atomic E-state index is 2.85. The number of fused-ring (bicyclic) bond motifs is 1. The van der Waals surface area contributed by atoms with Gasteiger partial charge in [-0.2, -0.15) is 0 Å². The van der Waals surface area contributed by atoms with Crippen LogP contribution >= 0.6 is 20.7 Å². The van der Waals surface area contributed by atoms with Crippen molar-refractivity contribution < 1.29 is 0 Å². The minimum absolute atomic E-state index is 0.263. The van der Waals surface area contributed by atoms with E-state index in [0.29, 0.717) is 0 Å². The Kier molecular flexibility index (Phi) is 6.63. The zero-order valence-corrected chi connectivity index (χ0v) is 18.4. The predicted octanol–water partition coefficient (Wildman–Crippen LogP) is 6.54. The lowest BCUT2D eigenvalue weighted by molar-refractivity contribution is 0.222. The summed E-state index contributed by atoms with van der Waals surface area (Å²) in [7, 11) is 0. The fourth-order valence-electron chi connectivity index (χ4n) is 4.93. The zero-order chi connectivity index (χ0) is 17.8. The van der Waals surface area contributed by atoms with Gasteiger partial charge in [-0.1, -0.05) is 62.3 Å². The molecule has 0 bridgehead atoms. The third-order valence-corrected chi connectivity index (χ3v) is 9.66. The van der Waals surface area contributed by atoms with E-state index in [9.17, 15) is 0 Å². The Labute approximate surface area is 170 Å². The van der Waals surface area contributed by atoms with Crippen LogP contribution in [0.4, 0.5) is 0 Å². The fourth-order valence-corrected chi connectivity index (χ4v) is 8.28. The number of nitrogens with zero attached hydrogens (tertiary/aromatic N) is 1. The first-order chi connectivity index (χ1) is 12.8. The Morgan fingerprint density at radius 3 is 3.00 bits per heavy atom. The highest BCUT2D eigenvalue weighted by molar-refractivity contribution is 14.2. The first kappa shape index (κ1) is 18.9. The van der Waals surface area contributed by atoms with Gasteiger partial charge in [0.25, 0.3) is 0 Å². The molecule has 142 valence electrons. The largest absolute Gasteiger partial charge is 0.269 e. The monoisotopic (exact) mass is 463 g/mol. The van der Waals surface area contributed by atoms with Gasteiger partial charge in [0, 0.05) is 20.1 Å². The molecule has 4 unspecified atom stereocenters. The molecule has 0 amide bonds. The molecular weight excluding hydrogens is 429 g/mol. The molecular formula is C24H34IN. The number of alkyl halides is 1. The van der Waals surface area contributed by atoms with Gasteiger partial charge in [0.05, 0.1) is 0 Å². The van der Waals surface area contributed by atoms with Crippen molar-refractivity contribution in [3.05, 3.63) is 48.1 Å². The Morgan fingerprint density at radius 2 is 2.12 bits per heavy atom. The van der Waals surface area contributed by atoms with E-state index < -0.39 is 0 Å². The molecule has 1 aliphatic heterocycles. The van der Waals surface area contributed by atoms with Gasteiger partial charge in [0.1, 0.15) is 0 Å². The maximum Gasteiger partial charge on any atom is 0.0410 e. The Morgan fingerprint density at radius 1 is 1.15 bits per heavy atom. The van der Waals surface area contributed by atoms with E-state index >= 15 is 0 Å². The first-order valence-corrected chi connectivity index (χ1v) is 13.2. The van der Waals surface area contributed by atoms with Crippen LogP contribution < -0.4 is 0 Å². The van der Waals surface area contributed by atoms with E-state index in [4.69, 9.17) is 0 Å². The number of allylic oxidation sites excluding steroid dienone is 7. The molecule has 0 radical (unpaired) electrons. The molecule has 0 aromatic heterocycles. The van der Waals surface area contributed by atoms with E-state index in [-0.39, 0.29) is 20.7 Å². The molecule has 0 aromatic rings. The van der Waals surface area contributed by atoms with Gasteiger partial charge in [-0.25, -0.2) is 0 Å². The molecule has 1 saturated carbocycles. The van der Waals surface area contributed by atoms with Gasteiger partial charge in [0.2, 0.25) is 0 Å². The van der Waals surface area contributed by atoms with Gasteiger partial charge in [0.15, 0.2) is 0 Å². The molecule has 3 aliphatic carbocycles. The summed E-state index contributed by atoms with van der Waals surface area (Å²) in [5, 5.41) is 0. The molecule has 0 N–H and O–H groups in total. The lowest BCUT2D eigenvalue weighted by Gasteiger charge is -2.34. The van der Waals surface area contributed by atoms with Crippen molar-refractivity contribution in [2.75, 3.05) is 0 Å². The average Bonchev–Trinajstić information content (AvgIpc) is 2.96. The van der Waals surface area contributed by atoms with E-state index in [1.54, 1.807) is 0 Å². The summed E-state index contributed by atoms with van der Waals surface area (Å²) in [6.07, 6.45) is 29.2. The van der Waals surface area contributed by atoms with Crippen LogP contribution in [0.2, 0.25) is 0 Å². The summed E-state index contributed by atoms with van der Waals surface area (Å²) in [5.41, 5.74) is 1.42. The van der Waals surface area contributed by atoms with Gasteiger partial charge in [-0.15, -0.1) is 20.7 Å². The van der Waals surface area contributed by atoms with Crippen LogP contribution in [0, 0.1) is 11.8 Å². The SMILES string of the molecule is CC1C=CC(/C=C/CC2CCCC(N3C=I[C@@H]4C=CCCC43)CC2)=CC1. The quantitative estimate of drug-likeness (QED) is 0.198. The fraction of sp³-hybridized carbons (Fsp3) is 0.625. The van der Waals surface area contributed by atoms with E-state index in [1.165, 1.54) is 63.4 Å². The van der Waals surface area contributed by atoms with Crippen LogP contribution in [-0.2, 0) is 0 Å². The second kappa shape index (κ2) is 9.14. The van der Waals surface area contributed by atoms with Crippen molar-refractivity contribution in [2.45, 2.75) is 80.7 Å². The minimum Gasteiger partial charge on any atom is -0.269 e. The summed E-state index contributed by atoms with van der Waals surface area (Å²) in [4.78, 5) is 2.85. The number of rotatable bonds is 4. The molecule has 26 heavy (non-hydrogen) atoms. The van der Waals surface area contributed by atoms with Crippen molar-refractivity contribution >= 4 is 24.9 Å². The number of halogens is 1. The molecule has 1 nitrogen and oxygen atoms in total. The normalized spacial score (nSPS) is 38.0. The summed E-state index contributed by atoms with van der Waals surface area (Å²) >= 11 is 0.263. The summed E-state index contributed by atoms with van der Waals surface area (Å²) in [6.45, 7) is 2.29.